The summed E-state index contributed by atoms with van der Waals surface area (Å²) in [6, 6.07) is 8.01. The van der Waals surface area contributed by atoms with Crippen molar-refractivity contribution in [2.24, 2.45) is 0 Å². The highest BCUT2D eigenvalue weighted by atomic mass is 35.5. The Balaban J connectivity index is 2.08. The van der Waals surface area contributed by atoms with Crippen molar-refractivity contribution in [3.63, 3.8) is 0 Å². The van der Waals surface area contributed by atoms with Gasteiger partial charge >= 0.3 is 5.97 Å². The fourth-order valence-corrected chi connectivity index (χ4v) is 4.40. The zero-order valence-electron chi connectivity index (χ0n) is 11.4. The smallest absolute Gasteiger partial charge is 0.356 e. The van der Waals surface area contributed by atoms with E-state index in [1.54, 1.807) is 24.3 Å². The number of sulfone groups is 1. The van der Waals surface area contributed by atoms with E-state index in [4.69, 9.17) is 16.7 Å². The van der Waals surface area contributed by atoms with Gasteiger partial charge in [-0.3, -0.25) is 4.68 Å². The number of carbonyl (C=O) groups is 1. The van der Waals surface area contributed by atoms with Gasteiger partial charge in [0.05, 0.1) is 23.2 Å². The van der Waals surface area contributed by atoms with Crippen LogP contribution in [0.5, 0.6) is 0 Å². The molecule has 0 saturated carbocycles. The number of aromatic nitrogens is 2. The topological polar surface area (TPSA) is 89.3 Å². The summed E-state index contributed by atoms with van der Waals surface area (Å²) >= 11 is 5.86. The second kappa shape index (κ2) is 5.40. The first-order chi connectivity index (χ1) is 10.4. The Hall–Kier alpha value is -1.86. The molecule has 1 aliphatic rings. The van der Waals surface area contributed by atoms with Crippen molar-refractivity contribution in [1.29, 1.82) is 0 Å². The maximum absolute atomic E-state index is 11.7. The molecule has 0 aliphatic carbocycles. The molecule has 2 heterocycles. The first-order valence-corrected chi connectivity index (χ1v) is 8.85. The number of aromatic carboxylic acids is 1. The number of benzene rings is 1. The van der Waals surface area contributed by atoms with Crippen molar-refractivity contribution in [3.8, 4) is 11.3 Å². The molecule has 0 amide bonds. The Bertz CT molecular complexity index is 827. The summed E-state index contributed by atoms with van der Waals surface area (Å²) < 4.78 is 24.9. The molecule has 1 saturated heterocycles. The van der Waals surface area contributed by atoms with Crippen LogP contribution in [0.4, 0.5) is 0 Å². The molecule has 1 atom stereocenters. The summed E-state index contributed by atoms with van der Waals surface area (Å²) in [6.45, 7) is 0. The molecule has 3 rings (SSSR count). The average molecular weight is 341 g/mol. The van der Waals surface area contributed by atoms with Crippen molar-refractivity contribution in [2.75, 3.05) is 11.5 Å². The zero-order chi connectivity index (χ0) is 15.9. The van der Waals surface area contributed by atoms with E-state index < -0.39 is 15.8 Å². The first-order valence-electron chi connectivity index (χ1n) is 6.65. The highest BCUT2D eigenvalue weighted by Crippen LogP contribution is 2.30. The minimum Gasteiger partial charge on any atom is -0.476 e. The molecular weight excluding hydrogens is 328 g/mol. The van der Waals surface area contributed by atoms with E-state index in [1.807, 2.05) is 0 Å². The molecule has 0 radical (unpaired) electrons. The predicted molar refractivity (Wildman–Crippen MR) is 81.9 cm³/mol. The summed E-state index contributed by atoms with van der Waals surface area (Å²) in [4.78, 5) is 11.2. The molecule has 8 heteroatoms. The molecule has 1 N–H and O–H groups in total. The fraction of sp³-hybridized carbons (Fsp3) is 0.286. The van der Waals surface area contributed by atoms with Crippen molar-refractivity contribution in [2.45, 2.75) is 12.5 Å². The molecule has 22 heavy (non-hydrogen) atoms. The van der Waals surface area contributed by atoms with Crippen LogP contribution in [0, 0.1) is 0 Å². The maximum atomic E-state index is 11.7. The Kier molecular flexibility index (Phi) is 3.70. The third-order valence-electron chi connectivity index (χ3n) is 3.65. The minimum atomic E-state index is -3.09. The van der Waals surface area contributed by atoms with E-state index in [9.17, 15) is 13.2 Å². The molecule has 1 aromatic heterocycles. The average Bonchev–Trinajstić information content (AvgIpc) is 3.03. The van der Waals surface area contributed by atoms with E-state index in [-0.39, 0.29) is 23.2 Å². The molecule has 6 nitrogen and oxygen atoms in total. The third-order valence-corrected chi connectivity index (χ3v) is 5.65. The molecule has 1 aliphatic heterocycles. The van der Waals surface area contributed by atoms with Crippen molar-refractivity contribution in [1.82, 2.24) is 9.78 Å². The van der Waals surface area contributed by atoms with Crippen LogP contribution in [0.2, 0.25) is 5.02 Å². The largest absolute Gasteiger partial charge is 0.476 e. The van der Waals surface area contributed by atoms with Crippen molar-refractivity contribution < 1.29 is 18.3 Å². The van der Waals surface area contributed by atoms with Gasteiger partial charge in [-0.2, -0.15) is 5.10 Å². The lowest BCUT2D eigenvalue weighted by Crippen LogP contribution is -2.14. The predicted octanol–water partition coefficient (Wildman–Crippen LogP) is 2.26. The number of carboxylic acid groups (broad SMARTS) is 1. The monoisotopic (exact) mass is 340 g/mol. The molecule has 2 aromatic rings. The fourth-order valence-electron chi connectivity index (χ4n) is 2.58. The maximum Gasteiger partial charge on any atom is 0.356 e. The van der Waals surface area contributed by atoms with Crippen LogP contribution < -0.4 is 0 Å². The van der Waals surface area contributed by atoms with E-state index >= 15 is 0 Å². The third kappa shape index (κ3) is 2.86. The molecule has 116 valence electrons. The Morgan fingerprint density at radius 3 is 2.55 bits per heavy atom. The van der Waals surface area contributed by atoms with Crippen LogP contribution in [-0.2, 0) is 9.84 Å². The Labute approximate surface area is 132 Å². The highest BCUT2D eigenvalue weighted by Gasteiger charge is 2.32. The lowest BCUT2D eigenvalue weighted by atomic mass is 10.1. The SMILES string of the molecule is O=C(O)c1cc(-c2ccc(Cl)cc2)n([C@@H]2CCS(=O)(=O)C2)n1. The second-order valence-corrected chi connectivity index (χ2v) is 7.89. The van der Waals surface area contributed by atoms with Crippen molar-refractivity contribution in [3.05, 3.63) is 41.0 Å². The number of carboxylic acids is 1. The van der Waals surface area contributed by atoms with Gasteiger partial charge in [-0.15, -0.1) is 0 Å². The summed E-state index contributed by atoms with van der Waals surface area (Å²) in [6.07, 6.45) is 0.434. The lowest BCUT2D eigenvalue weighted by Gasteiger charge is -2.13. The normalized spacial score (nSPS) is 20.1. The van der Waals surface area contributed by atoms with Crippen LogP contribution >= 0.6 is 11.6 Å². The molecular formula is C14H13ClN2O4S. The van der Waals surface area contributed by atoms with E-state index in [0.29, 0.717) is 17.1 Å². The number of hydrogen-bond acceptors (Lipinski definition) is 4. The van der Waals surface area contributed by atoms with Crippen LogP contribution in [0.25, 0.3) is 11.3 Å². The standard InChI is InChI=1S/C14H13ClN2O4S/c15-10-3-1-9(2-4-10)13-7-12(14(18)19)16-17(13)11-5-6-22(20,21)8-11/h1-4,7,11H,5-6,8H2,(H,18,19)/t11-/m1/s1. The first kappa shape index (κ1) is 15.1. The minimum absolute atomic E-state index is 0.0195. The van der Waals surface area contributed by atoms with Gasteiger partial charge in [-0.1, -0.05) is 23.7 Å². The van der Waals surface area contributed by atoms with Crippen molar-refractivity contribution >= 4 is 27.4 Å². The summed E-state index contributed by atoms with van der Waals surface area (Å²) in [7, 11) is -3.09. The van der Waals surface area contributed by atoms with E-state index in [0.717, 1.165) is 5.56 Å². The van der Waals surface area contributed by atoms with Crippen LogP contribution in [0.3, 0.4) is 0 Å². The number of rotatable bonds is 3. The van der Waals surface area contributed by atoms with Gasteiger partial charge in [-0.25, -0.2) is 13.2 Å². The highest BCUT2D eigenvalue weighted by molar-refractivity contribution is 7.91. The van der Waals surface area contributed by atoms with E-state index in [1.165, 1.54) is 10.7 Å². The molecule has 0 spiro atoms. The number of nitrogens with zero attached hydrogens (tertiary/aromatic N) is 2. The summed E-state index contributed by atoms with van der Waals surface area (Å²) in [5, 5.41) is 13.8. The Morgan fingerprint density at radius 2 is 2.00 bits per heavy atom. The molecule has 0 unspecified atom stereocenters. The van der Waals surface area contributed by atoms with Gasteiger partial charge in [0.2, 0.25) is 0 Å². The molecule has 1 aromatic carbocycles. The van der Waals surface area contributed by atoms with Gasteiger partial charge < -0.3 is 5.11 Å². The van der Waals surface area contributed by atoms with Gasteiger partial charge in [0.25, 0.3) is 0 Å². The number of hydrogen-bond donors (Lipinski definition) is 1. The van der Waals surface area contributed by atoms with Crippen LogP contribution in [0.1, 0.15) is 23.0 Å². The van der Waals surface area contributed by atoms with Crippen LogP contribution in [-0.4, -0.2) is 40.8 Å². The zero-order valence-corrected chi connectivity index (χ0v) is 13.0. The number of halogens is 1. The Morgan fingerprint density at radius 1 is 1.32 bits per heavy atom. The molecule has 0 bridgehead atoms. The van der Waals surface area contributed by atoms with E-state index in [2.05, 4.69) is 5.10 Å². The van der Waals surface area contributed by atoms with Crippen LogP contribution in [0.15, 0.2) is 30.3 Å². The van der Waals surface area contributed by atoms with Gasteiger partial charge in [0.1, 0.15) is 0 Å². The summed E-state index contributed by atoms with van der Waals surface area (Å²) in [5.74, 6) is -1.07. The lowest BCUT2D eigenvalue weighted by molar-refractivity contribution is 0.0689. The molecule has 1 fully saturated rings. The summed E-state index contributed by atoms with van der Waals surface area (Å²) in [5.41, 5.74) is 1.22. The second-order valence-electron chi connectivity index (χ2n) is 5.23. The van der Waals surface area contributed by atoms with Gasteiger partial charge in [-0.05, 0) is 30.2 Å². The quantitative estimate of drug-likeness (QED) is 0.925. The van der Waals surface area contributed by atoms with Gasteiger partial charge in [0.15, 0.2) is 15.5 Å². The van der Waals surface area contributed by atoms with Gasteiger partial charge in [0, 0.05) is 5.02 Å².